The first-order valence-electron chi connectivity index (χ1n) is 28.2. The number of hydrogen-bond donors (Lipinski definition) is 1. The second-order valence-corrected chi connectivity index (χ2v) is 24.3. The molecule has 22 unspecified atom stereocenters. The number of aliphatic hydroxyl groups excluding tert-OH is 1. The van der Waals surface area contributed by atoms with Crippen molar-refractivity contribution in [1.29, 1.82) is 0 Å². The van der Waals surface area contributed by atoms with Gasteiger partial charge >= 0.3 is 11.9 Å². The summed E-state index contributed by atoms with van der Waals surface area (Å²) in [6.07, 6.45) is 14.6. The first-order chi connectivity index (χ1) is 35.7. The number of ether oxygens (including phenoxy) is 11. The van der Waals surface area contributed by atoms with Crippen molar-refractivity contribution < 1.29 is 66.8 Å². The van der Waals surface area contributed by atoms with E-state index in [4.69, 9.17) is 52.1 Å². The minimum Gasteiger partial charge on any atom is -0.459 e. The van der Waals surface area contributed by atoms with E-state index in [1.165, 1.54) is 0 Å². The van der Waals surface area contributed by atoms with E-state index in [0.29, 0.717) is 50.0 Å². The van der Waals surface area contributed by atoms with Crippen LogP contribution >= 0.6 is 0 Å². The normalized spacial score (nSPS) is 47.0. The lowest BCUT2D eigenvalue weighted by Crippen LogP contribution is -2.65. The first kappa shape index (κ1) is 51.2. The van der Waals surface area contributed by atoms with E-state index in [1.54, 1.807) is 6.07 Å². The van der Waals surface area contributed by atoms with Gasteiger partial charge in [-0.25, -0.2) is 4.79 Å². The number of aliphatic hydroxyl groups is 1. The number of esters is 2. The third-order valence-corrected chi connectivity index (χ3v) is 18.4. The number of hydrogen-bond acceptors (Lipinski definition) is 14. The summed E-state index contributed by atoms with van der Waals surface area (Å²) in [7, 11) is 0. The smallest absolute Gasteiger partial charge is 0.339 e. The van der Waals surface area contributed by atoms with Crippen LogP contribution in [0.4, 0.5) is 0 Å². The Hall–Kier alpha value is -3.54. The highest BCUT2D eigenvalue weighted by molar-refractivity contribution is 6.04. The molecule has 1 N–H and O–H groups in total. The first-order valence-corrected chi connectivity index (χ1v) is 28.2. The minimum atomic E-state index is -0.733. The largest absolute Gasteiger partial charge is 0.459 e. The fourth-order valence-electron chi connectivity index (χ4n) is 14.8. The molecule has 10 aliphatic rings. The number of carbonyl (C=O) groups excluding carboxylic acids is 2. The van der Waals surface area contributed by atoms with Crippen LogP contribution in [0.1, 0.15) is 134 Å². The third-order valence-electron chi connectivity index (χ3n) is 18.4. The average Bonchev–Trinajstić information content (AvgIpc) is 3.67. The summed E-state index contributed by atoms with van der Waals surface area (Å²) in [4.78, 5) is 25.5. The van der Waals surface area contributed by atoms with Crippen LogP contribution in [0.3, 0.4) is 0 Å². The standard InChI is InChI=1S/C60H78O14/c1-33-24-46-49(29-55(62)70-46)69-54-28-48-50(74-59(54,4)30-33)25-35(3)56-45(67-48)18-9-8-17-41-42(71-56)19-11-21-44-43(66-41)20-12-22-53-60(5,73-44)31-52-47(68-53)27-51-57(72-52)40(61)26-37(65-51)23-34(2)32-64-58(63)39-16-10-14-36-13-6-7-15-38(36)39/h6-11,13-16,21,33,35,37,40-54,56-57,61H,2,12,17-20,22-32H2,1,3-5H3/b9-8-,21-11-. The van der Waals surface area contributed by atoms with Crippen molar-refractivity contribution in [3.8, 4) is 0 Å². The predicted molar refractivity (Wildman–Crippen MR) is 272 cm³/mol. The monoisotopic (exact) mass is 1020 g/mol. The molecule has 10 heterocycles. The topological polar surface area (TPSA) is 156 Å². The van der Waals surface area contributed by atoms with Gasteiger partial charge in [-0.15, -0.1) is 0 Å². The second-order valence-electron chi connectivity index (χ2n) is 24.3. The zero-order valence-electron chi connectivity index (χ0n) is 43.7. The predicted octanol–water partition coefficient (Wildman–Crippen LogP) is 8.76. The summed E-state index contributed by atoms with van der Waals surface area (Å²) in [5, 5.41) is 13.4. The van der Waals surface area contributed by atoms with Crippen molar-refractivity contribution in [2.75, 3.05) is 6.61 Å². The Morgan fingerprint density at radius 2 is 1.42 bits per heavy atom. The Balaban J connectivity index is 0.672. The molecule has 2 aromatic rings. The van der Waals surface area contributed by atoms with Gasteiger partial charge in [-0.2, -0.15) is 0 Å². The SMILES string of the molecule is C=C(COC(=O)c1cccc2ccccc12)CC1CC(O)C2OC3CC4(C)OC5/C=C\CC6OC7C(C)CC8OC9(C)CC(C)CC%10OC(=O)CC%10OC9CC8OC7C/C=C\CC6OC5CCCC4OC3CC2O1. The minimum absolute atomic E-state index is 0.0681. The quantitative estimate of drug-likeness (QED) is 0.224. The summed E-state index contributed by atoms with van der Waals surface area (Å²) in [6.45, 7) is 13.2. The molecule has 2 aromatic carbocycles. The van der Waals surface area contributed by atoms with Crippen LogP contribution in [0.15, 0.2) is 78.9 Å². The second kappa shape index (κ2) is 21.0. The lowest BCUT2D eigenvalue weighted by molar-refractivity contribution is -0.316. The summed E-state index contributed by atoms with van der Waals surface area (Å²) >= 11 is 0. The maximum absolute atomic E-state index is 13.1. The Labute approximate surface area is 436 Å². The van der Waals surface area contributed by atoms with Crippen molar-refractivity contribution in [3.63, 3.8) is 0 Å². The van der Waals surface area contributed by atoms with Crippen LogP contribution < -0.4 is 0 Å². The molecule has 0 aliphatic carbocycles. The number of benzene rings is 2. The molecule has 10 aliphatic heterocycles. The fraction of sp³-hybridized carbons (Fsp3) is 0.700. The van der Waals surface area contributed by atoms with Gasteiger partial charge in [-0.05, 0) is 112 Å². The van der Waals surface area contributed by atoms with Gasteiger partial charge in [0.2, 0.25) is 0 Å². The zero-order valence-corrected chi connectivity index (χ0v) is 43.7. The van der Waals surface area contributed by atoms with Crippen molar-refractivity contribution in [2.45, 2.75) is 245 Å². The molecular formula is C60H78O14. The van der Waals surface area contributed by atoms with Crippen molar-refractivity contribution in [1.82, 2.24) is 0 Å². The molecule has 14 nitrogen and oxygen atoms in total. The molecule has 74 heavy (non-hydrogen) atoms. The third kappa shape index (κ3) is 10.4. The van der Waals surface area contributed by atoms with Gasteiger partial charge in [-0.1, -0.05) is 81.1 Å². The molecule has 0 aromatic heterocycles. The van der Waals surface area contributed by atoms with Crippen molar-refractivity contribution in [2.24, 2.45) is 11.8 Å². The van der Waals surface area contributed by atoms with Gasteiger partial charge in [0.05, 0.1) is 109 Å². The lowest BCUT2D eigenvalue weighted by atomic mass is 9.78. The van der Waals surface area contributed by atoms with Crippen LogP contribution in [0.5, 0.6) is 0 Å². The van der Waals surface area contributed by atoms with E-state index < -0.39 is 29.4 Å². The molecule has 0 spiro atoms. The Morgan fingerprint density at radius 1 is 0.676 bits per heavy atom. The highest BCUT2D eigenvalue weighted by Crippen LogP contribution is 2.49. The van der Waals surface area contributed by atoms with Crippen LogP contribution in [-0.2, 0) is 56.9 Å². The molecule has 8 saturated heterocycles. The van der Waals surface area contributed by atoms with Gasteiger partial charge in [0.15, 0.2) is 0 Å². The van der Waals surface area contributed by atoms with Crippen LogP contribution in [-0.4, -0.2) is 145 Å². The molecule has 8 fully saturated rings. The summed E-state index contributed by atoms with van der Waals surface area (Å²) < 4.78 is 74.6. The number of fused-ring (bicyclic) bond motifs is 10. The van der Waals surface area contributed by atoms with E-state index in [2.05, 4.69) is 58.6 Å². The molecule has 0 amide bonds. The van der Waals surface area contributed by atoms with Crippen LogP contribution in [0.25, 0.3) is 10.8 Å². The van der Waals surface area contributed by atoms with Crippen LogP contribution in [0, 0.1) is 11.8 Å². The van der Waals surface area contributed by atoms with E-state index in [1.807, 2.05) is 36.4 Å². The van der Waals surface area contributed by atoms with Crippen molar-refractivity contribution >= 4 is 22.7 Å². The van der Waals surface area contributed by atoms with Gasteiger partial charge in [0.1, 0.15) is 31.0 Å². The van der Waals surface area contributed by atoms with E-state index in [0.717, 1.165) is 67.7 Å². The maximum Gasteiger partial charge on any atom is 0.339 e. The summed E-state index contributed by atoms with van der Waals surface area (Å²) in [5.41, 5.74) is 0.104. The Kier molecular flexibility index (Phi) is 14.5. The number of rotatable bonds is 5. The molecule has 0 saturated carbocycles. The molecule has 22 atom stereocenters. The van der Waals surface area contributed by atoms with E-state index >= 15 is 0 Å². The van der Waals surface area contributed by atoms with Gasteiger partial charge in [0.25, 0.3) is 0 Å². The van der Waals surface area contributed by atoms with E-state index in [9.17, 15) is 14.7 Å². The van der Waals surface area contributed by atoms with Gasteiger partial charge in [-0.3, -0.25) is 4.79 Å². The molecule has 0 radical (unpaired) electrons. The molecule has 12 rings (SSSR count). The highest BCUT2D eigenvalue weighted by Gasteiger charge is 2.57. The maximum atomic E-state index is 13.1. The molecule has 0 bridgehead atoms. The molecule has 14 heteroatoms. The van der Waals surface area contributed by atoms with Gasteiger partial charge in [0, 0.05) is 25.7 Å². The van der Waals surface area contributed by atoms with Crippen molar-refractivity contribution in [3.05, 3.63) is 84.5 Å². The summed E-state index contributed by atoms with van der Waals surface area (Å²) in [5.74, 6) is -0.0777. The highest BCUT2D eigenvalue weighted by atomic mass is 16.6. The molecular weight excluding hydrogens is 945 g/mol. The number of carbonyl (C=O) groups is 2. The lowest BCUT2D eigenvalue weighted by Gasteiger charge is -2.55. The summed E-state index contributed by atoms with van der Waals surface area (Å²) in [6, 6.07) is 13.4. The van der Waals surface area contributed by atoms with Crippen LogP contribution in [0.2, 0.25) is 0 Å². The zero-order chi connectivity index (χ0) is 50.9. The Morgan fingerprint density at radius 3 is 2.30 bits per heavy atom. The Bertz CT molecular complexity index is 2440. The average molecular weight is 1020 g/mol. The van der Waals surface area contributed by atoms with Gasteiger partial charge < -0.3 is 57.2 Å². The fourth-order valence-corrected chi connectivity index (χ4v) is 14.8. The van der Waals surface area contributed by atoms with E-state index in [-0.39, 0.29) is 123 Å². The molecule has 402 valence electrons.